The average Bonchev–Trinajstić information content (AvgIpc) is 2.75. The van der Waals surface area contributed by atoms with Gasteiger partial charge in [-0.25, -0.2) is 9.97 Å². The van der Waals surface area contributed by atoms with E-state index in [0.29, 0.717) is 24.7 Å². The Morgan fingerprint density at radius 3 is 2.95 bits per heavy atom. The number of hydrogen-bond donors (Lipinski definition) is 2. The number of anilines is 2. The molecule has 3 N–H and O–H groups in total. The first-order chi connectivity index (χ1) is 9.13. The van der Waals surface area contributed by atoms with Gasteiger partial charge in [0.1, 0.15) is 12.1 Å². The van der Waals surface area contributed by atoms with Crippen LogP contribution in [0.25, 0.3) is 0 Å². The summed E-state index contributed by atoms with van der Waals surface area (Å²) in [4.78, 5) is 8.17. The Kier molecular flexibility index (Phi) is 4.17. The molecule has 0 aliphatic heterocycles. The minimum absolute atomic E-state index is 0.0924. The summed E-state index contributed by atoms with van der Waals surface area (Å²) in [5, 5.41) is 7.28. The van der Waals surface area contributed by atoms with Crippen LogP contribution >= 0.6 is 0 Å². The van der Waals surface area contributed by atoms with Crippen molar-refractivity contribution < 1.29 is 4.74 Å². The minimum atomic E-state index is 0.0924. The van der Waals surface area contributed by atoms with Gasteiger partial charge < -0.3 is 15.8 Å². The third-order valence-electron chi connectivity index (χ3n) is 2.30. The number of nitrogens with one attached hydrogen (secondary N) is 1. The van der Waals surface area contributed by atoms with Crippen LogP contribution in [0.5, 0.6) is 5.88 Å². The first-order valence-electron chi connectivity index (χ1n) is 6.14. The summed E-state index contributed by atoms with van der Waals surface area (Å²) in [6.07, 6.45) is 4.98. The van der Waals surface area contributed by atoms with E-state index in [1.807, 2.05) is 13.8 Å². The van der Waals surface area contributed by atoms with Crippen LogP contribution in [0.3, 0.4) is 0 Å². The first kappa shape index (κ1) is 13.1. The Balaban J connectivity index is 1.85. The van der Waals surface area contributed by atoms with Crippen molar-refractivity contribution in [3.63, 3.8) is 0 Å². The van der Waals surface area contributed by atoms with Crippen molar-refractivity contribution >= 4 is 11.5 Å². The molecular weight excluding hydrogens is 244 g/mol. The molecule has 0 amide bonds. The molecule has 19 heavy (non-hydrogen) atoms. The molecule has 2 aromatic heterocycles. The molecular formula is C12H18N6O. The highest BCUT2D eigenvalue weighted by Gasteiger charge is 2.02. The molecule has 2 aromatic rings. The molecule has 2 rings (SSSR count). The monoisotopic (exact) mass is 262 g/mol. The van der Waals surface area contributed by atoms with Gasteiger partial charge in [0.05, 0.1) is 24.5 Å². The van der Waals surface area contributed by atoms with Crippen LogP contribution in [-0.2, 0) is 6.54 Å². The summed E-state index contributed by atoms with van der Waals surface area (Å²) >= 11 is 0. The molecule has 7 nitrogen and oxygen atoms in total. The molecule has 0 saturated heterocycles. The van der Waals surface area contributed by atoms with E-state index in [2.05, 4.69) is 20.4 Å². The molecule has 0 saturated carbocycles. The molecule has 0 spiro atoms. The lowest BCUT2D eigenvalue weighted by molar-refractivity contribution is 0.232. The van der Waals surface area contributed by atoms with Crippen LogP contribution in [0, 0.1) is 0 Å². The topological polar surface area (TPSA) is 90.9 Å². The van der Waals surface area contributed by atoms with Crippen LogP contribution in [0.2, 0.25) is 0 Å². The van der Waals surface area contributed by atoms with Crippen LogP contribution < -0.4 is 15.8 Å². The smallest absolute Gasteiger partial charge is 0.218 e. The first-order valence-corrected chi connectivity index (χ1v) is 6.14. The lowest BCUT2D eigenvalue weighted by atomic mass is 10.4. The standard InChI is InChI=1S/C12H18N6O/c1-9(2)19-12-5-11(15-8-16-12)14-3-4-18-7-10(13)6-17-18/h5-9H,3-4,13H2,1-2H3,(H,14,15,16). The minimum Gasteiger partial charge on any atom is -0.475 e. The fourth-order valence-corrected chi connectivity index (χ4v) is 1.54. The number of aromatic nitrogens is 4. The molecule has 0 aliphatic rings. The summed E-state index contributed by atoms with van der Waals surface area (Å²) in [6, 6.07) is 1.78. The molecule has 0 aliphatic carbocycles. The molecule has 7 heteroatoms. The van der Waals surface area contributed by atoms with E-state index in [1.54, 1.807) is 23.1 Å². The van der Waals surface area contributed by atoms with Crippen molar-refractivity contribution in [2.75, 3.05) is 17.6 Å². The Morgan fingerprint density at radius 1 is 1.42 bits per heavy atom. The third kappa shape index (κ3) is 4.13. The van der Waals surface area contributed by atoms with Crippen LogP contribution in [0.4, 0.5) is 11.5 Å². The summed E-state index contributed by atoms with van der Waals surface area (Å²) in [7, 11) is 0. The van der Waals surface area contributed by atoms with Crippen molar-refractivity contribution in [2.24, 2.45) is 0 Å². The van der Waals surface area contributed by atoms with Crippen molar-refractivity contribution in [2.45, 2.75) is 26.5 Å². The second kappa shape index (κ2) is 6.03. The summed E-state index contributed by atoms with van der Waals surface area (Å²) < 4.78 is 7.27. The number of nitrogens with two attached hydrogens (primary N) is 1. The fraction of sp³-hybridized carbons (Fsp3) is 0.417. The average molecular weight is 262 g/mol. The van der Waals surface area contributed by atoms with Gasteiger partial charge in [0, 0.05) is 18.8 Å². The van der Waals surface area contributed by atoms with Gasteiger partial charge in [-0.1, -0.05) is 0 Å². The van der Waals surface area contributed by atoms with Crippen molar-refractivity contribution in [3.05, 3.63) is 24.8 Å². The summed E-state index contributed by atoms with van der Waals surface area (Å²) in [5.74, 6) is 1.29. The molecule has 0 aromatic carbocycles. The van der Waals surface area contributed by atoms with Gasteiger partial charge in [-0.2, -0.15) is 5.10 Å². The number of ether oxygens (including phenoxy) is 1. The predicted molar refractivity (Wildman–Crippen MR) is 72.9 cm³/mol. The summed E-state index contributed by atoms with van der Waals surface area (Å²) in [6.45, 7) is 5.31. The Bertz CT molecular complexity index is 524. The van der Waals surface area contributed by atoms with E-state index in [0.717, 1.165) is 5.82 Å². The number of hydrogen-bond acceptors (Lipinski definition) is 6. The Morgan fingerprint density at radius 2 is 2.26 bits per heavy atom. The normalized spacial score (nSPS) is 10.7. The second-order valence-corrected chi connectivity index (χ2v) is 4.37. The molecule has 0 bridgehead atoms. The molecule has 2 heterocycles. The van der Waals surface area contributed by atoms with Crippen LogP contribution in [-0.4, -0.2) is 32.4 Å². The third-order valence-corrected chi connectivity index (χ3v) is 2.30. The fourth-order valence-electron chi connectivity index (χ4n) is 1.54. The quantitative estimate of drug-likeness (QED) is 0.811. The zero-order valence-corrected chi connectivity index (χ0v) is 11.1. The van der Waals surface area contributed by atoms with E-state index < -0.39 is 0 Å². The largest absolute Gasteiger partial charge is 0.475 e. The predicted octanol–water partition coefficient (Wildman–Crippen LogP) is 1.15. The SMILES string of the molecule is CC(C)Oc1cc(NCCn2cc(N)cn2)ncn1. The van der Waals surface area contributed by atoms with Crippen molar-refractivity contribution in [1.29, 1.82) is 0 Å². The van der Waals surface area contributed by atoms with Crippen molar-refractivity contribution in [3.8, 4) is 5.88 Å². The van der Waals surface area contributed by atoms with Gasteiger partial charge in [-0.3, -0.25) is 4.68 Å². The van der Waals surface area contributed by atoms with Gasteiger partial charge in [0.2, 0.25) is 5.88 Å². The highest BCUT2D eigenvalue weighted by Crippen LogP contribution is 2.12. The van der Waals surface area contributed by atoms with Crippen LogP contribution in [0.15, 0.2) is 24.8 Å². The maximum absolute atomic E-state index is 5.59. The summed E-state index contributed by atoms with van der Waals surface area (Å²) in [5.41, 5.74) is 6.25. The van der Waals surface area contributed by atoms with Gasteiger partial charge in [-0.05, 0) is 13.8 Å². The van der Waals surface area contributed by atoms with Gasteiger partial charge in [0.25, 0.3) is 0 Å². The molecule has 102 valence electrons. The lowest BCUT2D eigenvalue weighted by Crippen LogP contribution is -2.12. The van der Waals surface area contributed by atoms with Gasteiger partial charge >= 0.3 is 0 Å². The molecule has 0 radical (unpaired) electrons. The number of rotatable bonds is 6. The Labute approximate surface area is 111 Å². The Hall–Kier alpha value is -2.31. The zero-order chi connectivity index (χ0) is 13.7. The van der Waals surface area contributed by atoms with Crippen molar-refractivity contribution in [1.82, 2.24) is 19.7 Å². The number of nitrogen functional groups attached to an aromatic ring is 1. The lowest BCUT2D eigenvalue weighted by Gasteiger charge is -2.10. The van der Waals surface area contributed by atoms with E-state index in [1.165, 1.54) is 6.33 Å². The molecule has 0 atom stereocenters. The van der Waals surface area contributed by atoms with E-state index in [9.17, 15) is 0 Å². The van der Waals surface area contributed by atoms with E-state index in [4.69, 9.17) is 10.5 Å². The molecule has 0 unspecified atom stereocenters. The highest BCUT2D eigenvalue weighted by atomic mass is 16.5. The van der Waals surface area contributed by atoms with E-state index >= 15 is 0 Å². The van der Waals surface area contributed by atoms with Crippen LogP contribution in [0.1, 0.15) is 13.8 Å². The van der Waals surface area contributed by atoms with Gasteiger partial charge in [0.15, 0.2) is 0 Å². The highest BCUT2D eigenvalue weighted by molar-refractivity contribution is 5.37. The second-order valence-electron chi connectivity index (χ2n) is 4.37. The molecule has 0 fully saturated rings. The van der Waals surface area contributed by atoms with E-state index in [-0.39, 0.29) is 6.10 Å². The maximum atomic E-state index is 5.59. The van der Waals surface area contributed by atoms with Gasteiger partial charge in [-0.15, -0.1) is 0 Å². The zero-order valence-electron chi connectivity index (χ0n) is 11.1. The maximum Gasteiger partial charge on any atom is 0.218 e. The number of nitrogens with zero attached hydrogens (tertiary/aromatic N) is 4.